The highest BCUT2D eigenvalue weighted by Crippen LogP contribution is 2.32. The Balaban J connectivity index is 1.25. The maximum atomic E-state index is 13.2. The van der Waals surface area contributed by atoms with Crippen LogP contribution in [0.5, 0.6) is 5.75 Å². The zero-order valence-electron chi connectivity index (χ0n) is 21.9. The van der Waals surface area contributed by atoms with Crippen molar-refractivity contribution in [2.45, 2.75) is 38.1 Å². The molecule has 3 heterocycles. The van der Waals surface area contributed by atoms with Crippen molar-refractivity contribution >= 4 is 29.4 Å². The summed E-state index contributed by atoms with van der Waals surface area (Å²) in [5, 5.41) is 16.1. The number of hydrogen-bond acceptors (Lipinski definition) is 8. The summed E-state index contributed by atoms with van der Waals surface area (Å²) in [6.45, 7) is -2.19. The molecule has 1 aromatic heterocycles. The number of aliphatic hydroxyl groups is 1. The van der Waals surface area contributed by atoms with E-state index in [0.29, 0.717) is 46.6 Å². The molecule has 0 aliphatic carbocycles. The molecule has 3 aromatic rings. The van der Waals surface area contributed by atoms with Crippen LogP contribution in [-0.4, -0.2) is 70.8 Å². The van der Waals surface area contributed by atoms with Crippen molar-refractivity contribution in [1.29, 1.82) is 0 Å². The number of aliphatic hydroxyl groups excluding tert-OH is 1. The highest BCUT2D eigenvalue weighted by atomic mass is 35.5. The fourth-order valence-electron chi connectivity index (χ4n) is 4.85. The molecule has 1 atom stereocenters. The number of hydrogen-bond donors (Lipinski definition) is 3. The number of anilines is 1. The molecule has 0 radical (unpaired) electrons. The number of nitrogens with one attached hydrogen (secondary N) is 2. The van der Waals surface area contributed by atoms with Crippen molar-refractivity contribution < 1.29 is 33.0 Å². The number of amides is 2. The molecule has 2 aliphatic rings. The first-order valence-corrected chi connectivity index (χ1v) is 13.4. The van der Waals surface area contributed by atoms with Crippen LogP contribution >= 0.6 is 11.6 Å². The molecule has 216 valence electrons. The summed E-state index contributed by atoms with van der Waals surface area (Å²) in [6, 6.07) is 10.3. The number of benzene rings is 2. The van der Waals surface area contributed by atoms with Gasteiger partial charge in [0.15, 0.2) is 0 Å². The van der Waals surface area contributed by atoms with E-state index in [4.69, 9.17) is 16.3 Å². The van der Waals surface area contributed by atoms with Crippen LogP contribution in [0, 0.1) is 0 Å². The first-order valence-electron chi connectivity index (χ1n) is 13.0. The Morgan fingerprint density at radius 2 is 2.02 bits per heavy atom. The van der Waals surface area contributed by atoms with E-state index in [1.54, 1.807) is 18.2 Å². The average molecular weight is 588 g/mol. The number of halogens is 3. The maximum Gasteiger partial charge on any atom is 0.387 e. The summed E-state index contributed by atoms with van der Waals surface area (Å²) in [5.41, 5.74) is 2.67. The van der Waals surface area contributed by atoms with Crippen LogP contribution in [0.1, 0.15) is 40.4 Å². The van der Waals surface area contributed by atoms with Gasteiger partial charge in [-0.05, 0) is 42.2 Å². The van der Waals surface area contributed by atoms with E-state index in [2.05, 4.69) is 25.3 Å². The number of nitrogens with zero attached hydrogens (tertiary/aromatic N) is 3. The number of ether oxygens (including phenoxy) is 2. The summed E-state index contributed by atoms with van der Waals surface area (Å²) < 4.78 is 34.9. The van der Waals surface area contributed by atoms with Crippen LogP contribution < -0.4 is 15.4 Å². The van der Waals surface area contributed by atoms with Crippen molar-refractivity contribution in [3.8, 4) is 17.0 Å². The van der Waals surface area contributed by atoms with E-state index in [0.717, 1.165) is 18.4 Å². The number of carbonyl (C=O) groups is 2. The van der Waals surface area contributed by atoms with Crippen LogP contribution in [0.4, 0.5) is 14.7 Å². The Labute approximate surface area is 239 Å². The summed E-state index contributed by atoms with van der Waals surface area (Å²) in [5.74, 6) is -0.517. The molecule has 2 aliphatic heterocycles. The minimum absolute atomic E-state index is 0.0959. The Morgan fingerprint density at radius 3 is 2.78 bits per heavy atom. The molecule has 1 saturated heterocycles. The largest absolute Gasteiger partial charge is 0.435 e. The van der Waals surface area contributed by atoms with Gasteiger partial charge in [-0.2, -0.15) is 8.78 Å². The lowest BCUT2D eigenvalue weighted by Gasteiger charge is -2.23. The van der Waals surface area contributed by atoms with Crippen LogP contribution in [0.15, 0.2) is 48.7 Å². The molecular formula is C28H28ClF2N5O5. The second-order valence-corrected chi connectivity index (χ2v) is 10.1. The van der Waals surface area contributed by atoms with Crippen molar-refractivity contribution in [3.63, 3.8) is 0 Å². The van der Waals surface area contributed by atoms with Gasteiger partial charge in [-0.1, -0.05) is 35.9 Å². The van der Waals surface area contributed by atoms with Gasteiger partial charge in [-0.3, -0.25) is 9.59 Å². The van der Waals surface area contributed by atoms with E-state index in [1.165, 1.54) is 29.3 Å². The molecular weight excluding hydrogens is 560 g/mol. The van der Waals surface area contributed by atoms with E-state index in [1.807, 2.05) is 6.07 Å². The highest BCUT2D eigenvalue weighted by molar-refractivity contribution is 6.33. The molecule has 0 bridgehead atoms. The molecule has 10 nitrogen and oxygen atoms in total. The Hall–Kier alpha value is -3.87. The van der Waals surface area contributed by atoms with Gasteiger partial charge < -0.3 is 30.1 Å². The van der Waals surface area contributed by atoms with Gasteiger partial charge in [0, 0.05) is 36.9 Å². The third kappa shape index (κ3) is 6.89. The minimum Gasteiger partial charge on any atom is -0.435 e. The standard InChI is InChI=1S/C28H28ClF2N5O5/c29-22-12-32-28(33-19-6-8-40-9-7-19)35-25(22)17-4-5-18-13-36(26(39)21(18)11-17)14-24(38)34-23(15-37)16-2-1-3-20(10-16)41-27(30)31/h1-5,10-12,19,23,27,37H,6-9,13-15H2,(H,34,38)(H,32,33,35). The lowest BCUT2D eigenvalue weighted by atomic mass is 10.0. The summed E-state index contributed by atoms with van der Waals surface area (Å²) in [7, 11) is 0. The molecule has 0 spiro atoms. The number of aromatic nitrogens is 2. The predicted molar refractivity (Wildman–Crippen MR) is 146 cm³/mol. The third-order valence-electron chi connectivity index (χ3n) is 6.90. The number of alkyl halides is 2. The number of carbonyl (C=O) groups excluding carboxylic acids is 2. The van der Waals surface area contributed by atoms with Crippen LogP contribution in [-0.2, 0) is 16.1 Å². The summed E-state index contributed by atoms with van der Waals surface area (Å²) >= 11 is 6.42. The normalized spacial score (nSPS) is 16.0. The second-order valence-electron chi connectivity index (χ2n) is 9.71. The van der Waals surface area contributed by atoms with Crippen LogP contribution in [0.2, 0.25) is 5.02 Å². The molecule has 41 heavy (non-hydrogen) atoms. The predicted octanol–water partition coefficient (Wildman–Crippen LogP) is 3.79. The van der Waals surface area contributed by atoms with Gasteiger partial charge in [-0.15, -0.1) is 0 Å². The fraction of sp³-hybridized carbons (Fsp3) is 0.357. The lowest BCUT2D eigenvalue weighted by molar-refractivity contribution is -0.122. The van der Waals surface area contributed by atoms with E-state index < -0.39 is 25.2 Å². The smallest absolute Gasteiger partial charge is 0.387 e. The van der Waals surface area contributed by atoms with Gasteiger partial charge in [0.1, 0.15) is 12.3 Å². The maximum absolute atomic E-state index is 13.2. The van der Waals surface area contributed by atoms with Crippen molar-refractivity contribution in [3.05, 3.63) is 70.4 Å². The van der Waals surface area contributed by atoms with E-state index >= 15 is 0 Å². The van der Waals surface area contributed by atoms with Crippen molar-refractivity contribution in [2.24, 2.45) is 0 Å². The summed E-state index contributed by atoms with van der Waals surface area (Å²) in [6.07, 6.45) is 3.21. The fourth-order valence-corrected chi connectivity index (χ4v) is 5.06. The molecule has 2 aromatic carbocycles. The number of rotatable bonds is 10. The van der Waals surface area contributed by atoms with Gasteiger partial charge >= 0.3 is 6.61 Å². The topological polar surface area (TPSA) is 126 Å². The Bertz CT molecular complexity index is 1420. The highest BCUT2D eigenvalue weighted by Gasteiger charge is 2.30. The quantitative estimate of drug-likeness (QED) is 0.327. The zero-order valence-corrected chi connectivity index (χ0v) is 22.6. The third-order valence-corrected chi connectivity index (χ3v) is 7.18. The molecule has 5 rings (SSSR count). The van der Waals surface area contributed by atoms with Gasteiger partial charge in [0.2, 0.25) is 11.9 Å². The molecule has 13 heteroatoms. The number of fused-ring (bicyclic) bond motifs is 1. The molecule has 3 N–H and O–H groups in total. The van der Waals surface area contributed by atoms with E-state index in [9.17, 15) is 23.5 Å². The van der Waals surface area contributed by atoms with Gasteiger partial charge in [0.25, 0.3) is 5.91 Å². The average Bonchev–Trinajstić information content (AvgIpc) is 3.27. The van der Waals surface area contributed by atoms with E-state index in [-0.39, 0.29) is 30.8 Å². The minimum atomic E-state index is -3.00. The second kappa shape index (κ2) is 12.8. The lowest BCUT2D eigenvalue weighted by Crippen LogP contribution is -2.40. The van der Waals surface area contributed by atoms with Crippen LogP contribution in [0.3, 0.4) is 0 Å². The van der Waals surface area contributed by atoms with Gasteiger partial charge in [-0.25, -0.2) is 9.97 Å². The Morgan fingerprint density at radius 1 is 1.22 bits per heavy atom. The first kappa shape index (κ1) is 28.7. The summed E-state index contributed by atoms with van der Waals surface area (Å²) in [4.78, 5) is 36.3. The molecule has 1 unspecified atom stereocenters. The Kier molecular flexibility index (Phi) is 8.91. The van der Waals surface area contributed by atoms with Crippen LogP contribution in [0.25, 0.3) is 11.3 Å². The van der Waals surface area contributed by atoms with Gasteiger partial charge in [0.05, 0.1) is 29.6 Å². The van der Waals surface area contributed by atoms with Crippen molar-refractivity contribution in [2.75, 3.05) is 31.7 Å². The monoisotopic (exact) mass is 587 g/mol. The zero-order chi connectivity index (χ0) is 28.9. The molecule has 2 amide bonds. The molecule has 1 fully saturated rings. The first-order chi connectivity index (χ1) is 19.8. The van der Waals surface area contributed by atoms with Crippen molar-refractivity contribution in [1.82, 2.24) is 20.2 Å². The molecule has 0 saturated carbocycles. The SMILES string of the molecule is O=C(CN1Cc2ccc(-c3nc(NC4CCOCC4)ncc3Cl)cc2C1=O)NC(CO)c1cccc(OC(F)F)c1.